The molecule has 0 unspecified atom stereocenters. The zero-order valence-corrected chi connectivity index (χ0v) is 12.3. The number of carboxylic acids is 1. The fraction of sp³-hybridized carbons (Fsp3) is 0.462. The number of halogens is 3. The van der Waals surface area contributed by atoms with E-state index in [1.54, 1.807) is 17.0 Å². The van der Waals surface area contributed by atoms with Gasteiger partial charge in [-0.15, -0.1) is 12.4 Å². The summed E-state index contributed by atoms with van der Waals surface area (Å²) in [6.07, 6.45) is 1.27. The lowest BCUT2D eigenvalue weighted by atomic mass is 10.1. The van der Waals surface area contributed by atoms with Crippen LogP contribution in [0.4, 0.5) is 4.39 Å². The molecule has 19 heavy (non-hydrogen) atoms. The molecular weight excluding hydrogens is 292 g/mol. The van der Waals surface area contributed by atoms with E-state index in [1.807, 2.05) is 6.92 Å². The second-order valence-corrected chi connectivity index (χ2v) is 4.53. The van der Waals surface area contributed by atoms with Crippen molar-refractivity contribution in [2.45, 2.75) is 19.8 Å². The van der Waals surface area contributed by atoms with Crippen LogP contribution in [0.1, 0.15) is 18.9 Å². The van der Waals surface area contributed by atoms with E-state index in [0.717, 1.165) is 6.42 Å². The Labute approximate surface area is 123 Å². The summed E-state index contributed by atoms with van der Waals surface area (Å²) in [5.41, 5.74) is 0.450. The van der Waals surface area contributed by atoms with Gasteiger partial charge in [-0.25, -0.2) is 4.39 Å². The average Bonchev–Trinajstić information content (AvgIpc) is 2.27. The molecule has 1 aromatic rings. The summed E-state index contributed by atoms with van der Waals surface area (Å²) in [4.78, 5) is 12.5. The molecule has 0 heterocycles. The van der Waals surface area contributed by atoms with E-state index in [2.05, 4.69) is 0 Å². The van der Waals surface area contributed by atoms with Gasteiger partial charge in [0.25, 0.3) is 0 Å². The third-order valence-corrected chi connectivity index (χ3v) is 2.99. The van der Waals surface area contributed by atoms with E-state index in [1.165, 1.54) is 6.07 Å². The highest BCUT2D eigenvalue weighted by Crippen LogP contribution is 2.19. The highest BCUT2D eigenvalue weighted by atomic mass is 35.5. The van der Waals surface area contributed by atoms with Gasteiger partial charge in [0.15, 0.2) is 0 Å². The summed E-state index contributed by atoms with van der Waals surface area (Å²) in [5, 5.41) is 9.17. The zero-order chi connectivity index (χ0) is 13.5. The fourth-order valence-corrected chi connectivity index (χ4v) is 2.08. The van der Waals surface area contributed by atoms with Gasteiger partial charge in [-0.3, -0.25) is 9.69 Å². The molecule has 0 spiro atoms. The minimum Gasteiger partial charge on any atom is -0.480 e. The van der Waals surface area contributed by atoms with E-state index >= 15 is 0 Å². The summed E-state index contributed by atoms with van der Waals surface area (Å²) < 4.78 is 13.5. The van der Waals surface area contributed by atoms with E-state index in [-0.39, 0.29) is 24.8 Å². The largest absolute Gasteiger partial charge is 0.480 e. The van der Waals surface area contributed by atoms with Gasteiger partial charge in [-0.05, 0) is 31.5 Å². The van der Waals surface area contributed by atoms with Crippen molar-refractivity contribution in [3.05, 3.63) is 34.6 Å². The number of benzene rings is 1. The highest BCUT2D eigenvalue weighted by molar-refractivity contribution is 6.31. The minimum atomic E-state index is -0.872. The summed E-state index contributed by atoms with van der Waals surface area (Å²) in [6, 6.07) is 4.56. The lowest BCUT2D eigenvalue weighted by Gasteiger charge is -2.19. The number of hydrogen-bond donors (Lipinski definition) is 1. The molecule has 0 aliphatic carbocycles. The van der Waals surface area contributed by atoms with Gasteiger partial charge < -0.3 is 5.11 Å². The number of aliphatic carboxylic acids is 1. The Kier molecular flexibility index (Phi) is 8.72. The van der Waals surface area contributed by atoms with Crippen molar-refractivity contribution >= 4 is 30.0 Å². The van der Waals surface area contributed by atoms with Crippen molar-refractivity contribution in [2.75, 3.05) is 19.6 Å². The number of rotatable bonds is 7. The molecule has 1 aromatic carbocycles. The lowest BCUT2D eigenvalue weighted by molar-refractivity contribution is -0.138. The fourth-order valence-electron chi connectivity index (χ4n) is 1.82. The van der Waals surface area contributed by atoms with Gasteiger partial charge in [0.05, 0.1) is 6.54 Å². The van der Waals surface area contributed by atoms with Crippen molar-refractivity contribution in [1.29, 1.82) is 0 Å². The van der Waals surface area contributed by atoms with Crippen LogP contribution in [0.2, 0.25) is 5.02 Å². The molecule has 3 nitrogen and oxygen atoms in total. The standard InChI is InChI=1S/C13H17ClFNO2.ClH/c1-2-7-16(9-13(17)18)8-6-10-11(14)4-3-5-12(10)15;/h3-5H,2,6-9H2,1H3,(H,17,18);1H. The first kappa shape index (κ1) is 18.2. The van der Waals surface area contributed by atoms with Crippen LogP contribution in [0.3, 0.4) is 0 Å². The summed E-state index contributed by atoms with van der Waals surface area (Å²) >= 11 is 5.92. The smallest absolute Gasteiger partial charge is 0.317 e. The van der Waals surface area contributed by atoms with Crippen molar-refractivity contribution in [3.8, 4) is 0 Å². The first-order valence-electron chi connectivity index (χ1n) is 5.91. The highest BCUT2D eigenvalue weighted by Gasteiger charge is 2.12. The Morgan fingerprint density at radius 3 is 2.63 bits per heavy atom. The quantitative estimate of drug-likeness (QED) is 0.840. The molecule has 0 aliphatic heterocycles. The maximum absolute atomic E-state index is 13.5. The zero-order valence-electron chi connectivity index (χ0n) is 10.7. The van der Waals surface area contributed by atoms with Gasteiger partial charge in [-0.1, -0.05) is 24.6 Å². The van der Waals surface area contributed by atoms with Crippen LogP contribution in [0.25, 0.3) is 0 Å². The Bertz CT molecular complexity index is 395. The molecule has 6 heteroatoms. The minimum absolute atomic E-state index is 0. The van der Waals surface area contributed by atoms with Crippen LogP contribution in [-0.2, 0) is 11.2 Å². The number of nitrogens with zero attached hydrogens (tertiary/aromatic N) is 1. The van der Waals surface area contributed by atoms with E-state index < -0.39 is 5.97 Å². The molecule has 0 radical (unpaired) electrons. The van der Waals surface area contributed by atoms with Crippen LogP contribution >= 0.6 is 24.0 Å². The van der Waals surface area contributed by atoms with E-state index in [0.29, 0.717) is 30.1 Å². The molecule has 1 rings (SSSR count). The van der Waals surface area contributed by atoms with Crippen molar-refractivity contribution in [2.24, 2.45) is 0 Å². The second kappa shape index (κ2) is 9.13. The Morgan fingerprint density at radius 2 is 2.11 bits per heavy atom. The summed E-state index contributed by atoms with van der Waals surface area (Å²) in [7, 11) is 0. The van der Waals surface area contributed by atoms with Crippen LogP contribution < -0.4 is 0 Å². The molecule has 0 aromatic heterocycles. The molecule has 1 N–H and O–H groups in total. The van der Waals surface area contributed by atoms with Crippen molar-refractivity contribution in [3.63, 3.8) is 0 Å². The second-order valence-electron chi connectivity index (χ2n) is 4.12. The Hall–Kier alpha value is -0.840. The lowest BCUT2D eigenvalue weighted by Crippen LogP contribution is -2.32. The van der Waals surface area contributed by atoms with Gasteiger partial charge in [0, 0.05) is 17.1 Å². The number of carbonyl (C=O) groups is 1. The van der Waals surface area contributed by atoms with E-state index in [9.17, 15) is 9.18 Å². The monoisotopic (exact) mass is 309 g/mol. The Morgan fingerprint density at radius 1 is 1.42 bits per heavy atom. The van der Waals surface area contributed by atoms with Crippen molar-refractivity contribution in [1.82, 2.24) is 4.90 Å². The normalized spacial score (nSPS) is 10.3. The molecule has 0 amide bonds. The molecule has 0 saturated heterocycles. The molecule has 0 fully saturated rings. The van der Waals surface area contributed by atoms with Crippen molar-refractivity contribution < 1.29 is 14.3 Å². The van der Waals surface area contributed by atoms with Gasteiger partial charge in [0.1, 0.15) is 5.82 Å². The van der Waals surface area contributed by atoms with Gasteiger partial charge >= 0.3 is 5.97 Å². The predicted molar refractivity (Wildman–Crippen MR) is 76.7 cm³/mol. The SMILES string of the molecule is CCCN(CCc1c(F)cccc1Cl)CC(=O)O.Cl. The third kappa shape index (κ3) is 6.23. The van der Waals surface area contributed by atoms with E-state index in [4.69, 9.17) is 16.7 Å². The first-order valence-corrected chi connectivity index (χ1v) is 6.29. The van der Waals surface area contributed by atoms with Gasteiger partial charge in [-0.2, -0.15) is 0 Å². The van der Waals surface area contributed by atoms with Crippen LogP contribution in [0.5, 0.6) is 0 Å². The molecule has 0 atom stereocenters. The van der Waals surface area contributed by atoms with Crippen LogP contribution in [0.15, 0.2) is 18.2 Å². The third-order valence-electron chi connectivity index (χ3n) is 2.64. The summed E-state index contributed by atoms with van der Waals surface area (Å²) in [5.74, 6) is -1.21. The molecule has 0 saturated carbocycles. The topological polar surface area (TPSA) is 40.5 Å². The number of carboxylic acid groups (broad SMARTS) is 1. The molecular formula is C13H18Cl2FNO2. The van der Waals surface area contributed by atoms with Gasteiger partial charge in [0.2, 0.25) is 0 Å². The summed E-state index contributed by atoms with van der Waals surface area (Å²) in [6.45, 7) is 3.12. The average molecular weight is 310 g/mol. The first-order chi connectivity index (χ1) is 8.54. The van der Waals surface area contributed by atoms with Crippen LogP contribution in [-0.4, -0.2) is 35.6 Å². The maximum atomic E-state index is 13.5. The predicted octanol–water partition coefficient (Wildman–Crippen LogP) is 3.24. The maximum Gasteiger partial charge on any atom is 0.317 e. The number of hydrogen-bond acceptors (Lipinski definition) is 2. The van der Waals surface area contributed by atoms with Crippen LogP contribution in [0, 0.1) is 5.82 Å². The molecule has 108 valence electrons. The molecule has 0 bridgehead atoms. The Balaban J connectivity index is 0.00000324. The molecule has 0 aliphatic rings.